The third-order valence-corrected chi connectivity index (χ3v) is 2.02. The Labute approximate surface area is 79.7 Å². The van der Waals surface area contributed by atoms with E-state index in [9.17, 15) is 4.79 Å². The number of aliphatic hydroxyl groups excluding tert-OH is 1. The van der Waals surface area contributed by atoms with E-state index in [1.54, 1.807) is 0 Å². The summed E-state index contributed by atoms with van der Waals surface area (Å²) in [6.07, 6.45) is 0.758. The van der Waals surface area contributed by atoms with Crippen molar-refractivity contribution < 1.29 is 9.90 Å². The summed E-state index contributed by atoms with van der Waals surface area (Å²) in [5, 5.41) is 14.6. The van der Waals surface area contributed by atoms with Gasteiger partial charge in [-0.15, -0.1) is 0 Å². The highest BCUT2D eigenvalue weighted by Gasteiger charge is 2.14. The van der Waals surface area contributed by atoms with Gasteiger partial charge in [-0.1, -0.05) is 13.8 Å². The fraction of sp³-hybridized carbons (Fsp3) is 0.889. The van der Waals surface area contributed by atoms with E-state index in [2.05, 4.69) is 10.6 Å². The van der Waals surface area contributed by atoms with E-state index in [1.807, 2.05) is 20.9 Å². The fourth-order valence-electron chi connectivity index (χ4n) is 1.02. The summed E-state index contributed by atoms with van der Waals surface area (Å²) >= 11 is 0. The smallest absolute Gasteiger partial charge is 0.224 e. The van der Waals surface area contributed by atoms with Crippen LogP contribution in [0.2, 0.25) is 0 Å². The first kappa shape index (κ1) is 12.4. The molecule has 0 aromatic rings. The van der Waals surface area contributed by atoms with Crippen molar-refractivity contribution in [2.75, 3.05) is 20.2 Å². The molecule has 0 aliphatic carbocycles. The zero-order valence-electron chi connectivity index (χ0n) is 8.63. The summed E-state index contributed by atoms with van der Waals surface area (Å²) in [4.78, 5) is 11.4. The normalized spacial score (nSPS) is 15.1. The Morgan fingerprint density at radius 2 is 2.15 bits per heavy atom. The number of hydrogen-bond donors (Lipinski definition) is 3. The molecule has 1 amide bonds. The van der Waals surface area contributed by atoms with E-state index in [-0.39, 0.29) is 24.5 Å². The molecule has 4 nitrogen and oxygen atoms in total. The van der Waals surface area contributed by atoms with Crippen LogP contribution in [0.4, 0.5) is 0 Å². The molecule has 2 atom stereocenters. The molecule has 3 N–H and O–H groups in total. The molecule has 1 unspecified atom stereocenters. The number of rotatable bonds is 6. The van der Waals surface area contributed by atoms with Gasteiger partial charge in [0.1, 0.15) is 0 Å². The summed E-state index contributed by atoms with van der Waals surface area (Å²) in [6, 6.07) is -0.105. The van der Waals surface area contributed by atoms with Crippen LogP contribution in [0.5, 0.6) is 0 Å². The van der Waals surface area contributed by atoms with Gasteiger partial charge in [0.25, 0.3) is 0 Å². The van der Waals surface area contributed by atoms with Crippen molar-refractivity contribution in [2.24, 2.45) is 5.92 Å². The topological polar surface area (TPSA) is 61.4 Å². The Morgan fingerprint density at radius 3 is 2.54 bits per heavy atom. The fourth-order valence-corrected chi connectivity index (χ4v) is 1.02. The van der Waals surface area contributed by atoms with Crippen LogP contribution in [-0.2, 0) is 4.79 Å². The molecule has 0 aromatic carbocycles. The maximum absolute atomic E-state index is 11.4. The van der Waals surface area contributed by atoms with Gasteiger partial charge in [0, 0.05) is 12.5 Å². The van der Waals surface area contributed by atoms with Gasteiger partial charge in [0.15, 0.2) is 0 Å². The van der Waals surface area contributed by atoms with Crippen LogP contribution in [0.15, 0.2) is 0 Å². The Hall–Kier alpha value is -0.610. The van der Waals surface area contributed by atoms with Crippen LogP contribution >= 0.6 is 0 Å². The highest BCUT2D eigenvalue weighted by molar-refractivity contribution is 5.78. The molecule has 0 aliphatic heterocycles. The van der Waals surface area contributed by atoms with Gasteiger partial charge in [-0.2, -0.15) is 0 Å². The lowest BCUT2D eigenvalue weighted by molar-refractivity contribution is -0.125. The minimum Gasteiger partial charge on any atom is -0.394 e. The minimum absolute atomic E-state index is 0.00440. The third kappa shape index (κ3) is 4.85. The molecule has 0 heterocycles. The maximum atomic E-state index is 11.4. The van der Waals surface area contributed by atoms with Crippen LogP contribution in [0, 0.1) is 5.92 Å². The average molecular weight is 188 g/mol. The minimum atomic E-state index is -0.105. The second-order valence-corrected chi connectivity index (χ2v) is 3.26. The highest BCUT2D eigenvalue weighted by atomic mass is 16.3. The molecule has 0 fully saturated rings. The van der Waals surface area contributed by atoms with Crippen LogP contribution in [-0.4, -0.2) is 37.3 Å². The summed E-state index contributed by atoms with van der Waals surface area (Å²) in [7, 11) is 1.81. The summed E-state index contributed by atoms with van der Waals surface area (Å²) < 4.78 is 0. The summed E-state index contributed by atoms with van der Waals surface area (Å²) in [6.45, 7) is 4.46. The zero-order valence-corrected chi connectivity index (χ0v) is 8.63. The molecule has 0 spiro atoms. The largest absolute Gasteiger partial charge is 0.394 e. The van der Waals surface area contributed by atoms with Crippen molar-refractivity contribution in [2.45, 2.75) is 26.3 Å². The Kier molecular flexibility index (Phi) is 6.54. The highest BCUT2D eigenvalue weighted by Crippen LogP contribution is 1.95. The lowest BCUT2D eigenvalue weighted by atomic mass is 10.1. The van der Waals surface area contributed by atoms with E-state index in [1.165, 1.54) is 0 Å². The molecule has 78 valence electrons. The molecule has 0 bridgehead atoms. The number of hydrogen-bond acceptors (Lipinski definition) is 3. The van der Waals surface area contributed by atoms with Crippen molar-refractivity contribution in [1.29, 1.82) is 0 Å². The van der Waals surface area contributed by atoms with Gasteiger partial charge in [0.2, 0.25) is 5.91 Å². The second kappa shape index (κ2) is 6.86. The van der Waals surface area contributed by atoms with Crippen LogP contribution in [0.3, 0.4) is 0 Å². The van der Waals surface area contributed by atoms with Crippen molar-refractivity contribution in [3.8, 4) is 0 Å². The van der Waals surface area contributed by atoms with Crippen molar-refractivity contribution >= 4 is 5.91 Å². The lowest BCUT2D eigenvalue weighted by Gasteiger charge is -2.17. The predicted molar refractivity (Wildman–Crippen MR) is 52.4 cm³/mol. The van der Waals surface area contributed by atoms with Crippen molar-refractivity contribution in [1.82, 2.24) is 10.6 Å². The number of carbonyl (C=O) groups is 1. The number of amides is 1. The molecular formula is C9H20N2O2. The number of aliphatic hydroxyl groups is 1. The third-order valence-electron chi connectivity index (χ3n) is 2.02. The monoisotopic (exact) mass is 188 g/mol. The van der Waals surface area contributed by atoms with E-state index in [0.29, 0.717) is 6.54 Å². The first-order valence-electron chi connectivity index (χ1n) is 4.71. The van der Waals surface area contributed by atoms with Crippen LogP contribution in [0.25, 0.3) is 0 Å². The Morgan fingerprint density at radius 1 is 1.54 bits per heavy atom. The average Bonchev–Trinajstić information content (AvgIpc) is 2.14. The Balaban J connectivity index is 3.83. The molecule has 0 rings (SSSR count). The van der Waals surface area contributed by atoms with Gasteiger partial charge in [-0.05, 0) is 13.5 Å². The molecular weight excluding hydrogens is 168 g/mol. The Bertz CT molecular complexity index is 147. The molecule has 4 heteroatoms. The second-order valence-electron chi connectivity index (χ2n) is 3.26. The van der Waals surface area contributed by atoms with E-state index < -0.39 is 0 Å². The molecule has 0 aliphatic rings. The van der Waals surface area contributed by atoms with Crippen molar-refractivity contribution in [3.63, 3.8) is 0 Å². The van der Waals surface area contributed by atoms with E-state index in [0.717, 1.165) is 6.42 Å². The summed E-state index contributed by atoms with van der Waals surface area (Å²) in [5.41, 5.74) is 0. The van der Waals surface area contributed by atoms with Gasteiger partial charge >= 0.3 is 0 Å². The first-order chi connectivity index (χ1) is 6.15. The van der Waals surface area contributed by atoms with Crippen LogP contribution < -0.4 is 10.6 Å². The van der Waals surface area contributed by atoms with Crippen molar-refractivity contribution in [3.05, 3.63) is 0 Å². The quantitative estimate of drug-likeness (QED) is 0.537. The molecule has 0 aromatic heterocycles. The van der Waals surface area contributed by atoms with E-state index >= 15 is 0 Å². The molecule has 0 saturated carbocycles. The summed E-state index contributed by atoms with van der Waals surface area (Å²) in [5.74, 6) is -0.0548. The molecule has 0 saturated heterocycles. The first-order valence-corrected chi connectivity index (χ1v) is 4.71. The van der Waals surface area contributed by atoms with Crippen LogP contribution in [0.1, 0.15) is 20.3 Å². The number of nitrogens with one attached hydrogen (secondary N) is 2. The predicted octanol–water partition coefficient (Wildman–Crippen LogP) is -0.271. The zero-order chi connectivity index (χ0) is 10.3. The molecule has 13 heavy (non-hydrogen) atoms. The van der Waals surface area contributed by atoms with Gasteiger partial charge in [0.05, 0.1) is 12.6 Å². The van der Waals surface area contributed by atoms with Gasteiger partial charge in [-0.3, -0.25) is 4.79 Å². The SMILES string of the molecule is CC[C@@H](CO)NC(=O)C(C)CNC. The number of carbonyl (C=O) groups excluding carboxylic acids is 1. The van der Waals surface area contributed by atoms with Gasteiger partial charge < -0.3 is 15.7 Å². The van der Waals surface area contributed by atoms with E-state index in [4.69, 9.17) is 5.11 Å². The van der Waals surface area contributed by atoms with Gasteiger partial charge in [-0.25, -0.2) is 0 Å². The maximum Gasteiger partial charge on any atom is 0.224 e. The molecule has 0 radical (unpaired) electrons. The lowest BCUT2D eigenvalue weighted by Crippen LogP contribution is -2.42. The standard InChI is InChI=1S/C9H20N2O2/c1-4-8(6-12)11-9(13)7(2)5-10-3/h7-8,10,12H,4-6H2,1-3H3,(H,11,13)/t7?,8-/m0/s1.